The Balaban J connectivity index is 1.24. The van der Waals surface area contributed by atoms with Crippen molar-refractivity contribution in [3.05, 3.63) is 65.2 Å². The van der Waals surface area contributed by atoms with E-state index in [1.54, 1.807) is 7.11 Å². The summed E-state index contributed by atoms with van der Waals surface area (Å²) in [6.07, 6.45) is 5.67. The van der Waals surface area contributed by atoms with Crippen LogP contribution in [0.1, 0.15) is 47.2 Å². The van der Waals surface area contributed by atoms with Crippen molar-refractivity contribution in [3.63, 3.8) is 0 Å². The van der Waals surface area contributed by atoms with Gasteiger partial charge in [-0.3, -0.25) is 9.59 Å². The summed E-state index contributed by atoms with van der Waals surface area (Å²) in [5.74, 6) is 1.59. The second-order valence-corrected chi connectivity index (χ2v) is 8.50. The molecule has 158 valence electrons. The van der Waals surface area contributed by atoms with Gasteiger partial charge in [-0.05, 0) is 73.4 Å². The Kier molecular flexibility index (Phi) is 6.36. The molecular formula is C25H30N2O3. The van der Waals surface area contributed by atoms with E-state index < -0.39 is 0 Å². The predicted molar refractivity (Wildman–Crippen MR) is 117 cm³/mol. The van der Waals surface area contributed by atoms with Gasteiger partial charge in [-0.1, -0.05) is 24.3 Å². The Morgan fingerprint density at radius 2 is 1.73 bits per heavy atom. The Labute approximate surface area is 178 Å². The molecule has 0 atom stereocenters. The maximum atomic E-state index is 12.7. The van der Waals surface area contributed by atoms with Crippen LogP contribution in [0, 0.1) is 5.92 Å². The molecule has 2 amide bonds. The molecule has 1 aliphatic heterocycles. The molecule has 0 unspecified atom stereocenters. The number of carbonyl (C=O) groups is 2. The van der Waals surface area contributed by atoms with Crippen LogP contribution in [0.25, 0.3) is 0 Å². The number of likely N-dealkylation sites (tertiary alicyclic amines) is 1. The third kappa shape index (κ3) is 5.41. The zero-order valence-corrected chi connectivity index (χ0v) is 17.6. The number of nitrogens with zero attached hydrogens (tertiary/aromatic N) is 1. The average molecular weight is 407 g/mol. The second kappa shape index (κ2) is 9.33. The lowest BCUT2D eigenvalue weighted by atomic mass is 9.89. The summed E-state index contributed by atoms with van der Waals surface area (Å²) < 4.78 is 5.25. The maximum Gasteiger partial charge on any atom is 0.251 e. The van der Waals surface area contributed by atoms with Gasteiger partial charge in [-0.15, -0.1) is 0 Å². The molecule has 1 saturated carbocycles. The average Bonchev–Trinajstić information content (AvgIpc) is 3.59. The quantitative estimate of drug-likeness (QED) is 0.764. The molecule has 4 rings (SSSR count). The fourth-order valence-electron chi connectivity index (χ4n) is 4.08. The van der Waals surface area contributed by atoms with E-state index in [9.17, 15) is 9.59 Å². The normalized spacial score (nSPS) is 16.9. The molecule has 5 heteroatoms. The lowest BCUT2D eigenvalue weighted by Gasteiger charge is -2.32. The third-order valence-electron chi connectivity index (χ3n) is 6.11. The van der Waals surface area contributed by atoms with Gasteiger partial charge in [0.2, 0.25) is 5.91 Å². The van der Waals surface area contributed by atoms with E-state index in [1.807, 2.05) is 41.3 Å². The molecule has 1 aliphatic carbocycles. The van der Waals surface area contributed by atoms with Gasteiger partial charge in [0.05, 0.1) is 13.5 Å². The maximum absolute atomic E-state index is 12.7. The molecule has 0 radical (unpaired) electrons. The number of nitrogens with one attached hydrogen (secondary N) is 1. The largest absolute Gasteiger partial charge is 0.497 e. The van der Waals surface area contributed by atoms with E-state index in [2.05, 4.69) is 17.4 Å². The van der Waals surface area contributed by atoms with Gasteiger partial charge < -0.3 is 15.0 Å². The predicted octanol–water partition coefficient (Wildman–Crippen LogP) is 3.61. The highest BCUT2D eigenvalue weighted by atomic mass is 16.5. The number of ether oxygens (including phenoxy) is 1. The topological polar surface area (TPSA) is 58.6 Å². The number of carbonyl (C=O) groups excluding carboxylic acids is 2. The van der Waals surface area contributed by atoms with E-state index in [4.69, 9.17) is 4.74 Å². The fourth-order valence-corrected chi connectivity index (χ4v) is 4.08. The van der Waals surface area contributed by atoms with E-state index in [0.29, 0.717) is 18.4 Å². The molecular weight excluding hydrogens is 376 g/mol. The summed E-state index contributed by atoms with van der Waals surface area (Å²) in [7, 11) is 1.64. The second-order valence-electron chi connectivity index (χ2n) is 8.50. The summed E-state index contributed by atoms with van der Waals surface area (Å²) in [6, 6.07) is 16.1. The van der Waals surface area contributed by atoms with Crippen LogP contribution in [0.2, 0.25) is 0 Å². The lowest BCUT2D eigenvalue weighted by Crippen LogP contribution is -2.39. The molecule has 1 N–H and O–H groups in total. The first-order valence-corrected chi connectivity index (χ1v) is 10.9. The molecule has 30 heavy (non-hydrogen) atoms. The van der Waals surface area contributed by atoms with Gasteiger partial charge in [0.25, 0.3) is 5.91 Å². The number of rotatable bonds is 7. The first kappa shape index (κ1) is 20.5. The smallest absolute Gasteiger partial charge is 0.251 e. The molecule has 1 saturated heterocycles. The number of benzene rings is 2. The van der Waals surface area contributed by atoms with Crippen molar-refractivity contribution in [2.45, 2.75) is 44.6 Å². The molecule has 1 heterocycles. The lowest BCUT2D eigenvalue weighted by molar-refractivity contribution is -0.131. The van der Waals surface area contributed by atoms with Gasteiger partial charge in [0.15, 0.2) is 0 Å². The molecule has 0 bridgehead atoms. The number of methoxy groups -OCH3 is 1. The minimum Gasteiger partial charge on any atom is -0.497 e. The number of hydrogen-bond donors (Lipinski definition) is 1. The van der Waals surface area contributed by atoms with Crippen molar-refractivity contribution in [2.75, 3.05) is 20.2 Å². The van der Waals surface area contributed by atoms with Gasteiger partial charge in [0.1, 0.15) is 5.75 Å². The van der Waals surface area contributed by atoms with Crippen molar-refractivity contribution < 1.29 is 14.3 Å². The van der Waals surface area contributed by atoms with Gasteiger partial charge in [0, 0.05) is 24.7 Å². The van der Waals surface area contributed by atoms with Crippen molar-refractivity contribution in [1.82, 2.24) is 10.2 Å². The van der Waals surface area contributed by atoms with E-state index in [-0.39, 0.29) is 11.8 Å². The van der Waals surface area contributed by atoms with Crippen LogP contribution < -0.4 is 10.1 Å². The highest BCUT2D eigenvalue weighted by Gasteiger charge is 2.25. The van der Waals surface area contributed by atoms with Crippen molar-refractivity contribution >= 4 is 11.8 Å². The van der Waals surface area contributed by atoms with Crippen molar-refractivity contribution in [2.24, 2.45) is 5.92 Å². The van der Waals surface area contributed by atoms with Crippen LogP contribution in [-0.4, -0.2) is 43.0 Å². The van der Waals surface area contributed by atoms with E-state index in [0.717, 1.165) is 62.1 Å². The van der Waals surface area contributed by atoms with Crippen LogP contribution in [-0.2, 0) is 17.6 Å². The first-order chi connectivity index (χ1) is 14.6. The van der Waals surface area contributed by atoms with E-state index in [1.165, 1.54) is 5.56 Å². The minimum absolute atomic E-state index is 0.0342. The summed E-state index contributed by atoms with van der Waals surface area (Å²) in [4.78, 5) is 26.8. The Hall–Kier alpha value is -2.82. The summed E-state index contributed by atoms with van der Waals surface area (Å²) in [5.41, 5.74) is 3.00. The highest BCUT2D eigenvalue weighted by molar-refractivity contribution is 5.94. The number of amides is 2. The van der Waals surface area contributed by atoms with Crippen molar-refractivity contribution in [3.8, 4) is 5.75 Å². The van der Waals surface area contributed by atoms with Crippen LogP contribution >= 0.6 is 0 Å². The summed E-state index contributed by atoms with van der Waals surface area (Å²) in [6.45, 7) is 1.63. The number of piperidine rings is 1. The molecule has 2 aliphatic rings. The van der Waals surface area contributed by atoms with Gasteiger partial charge >= 0.3 is 0 Å². The standard InChI is InChI=1S/C25H30N2O3/c1-30-23-4-2-3-20(16-23)17-24(28)27-13-11-19(12-14-27)15-18-5-7-21(8-6-18)25(29)26-22-9-10-22/h2-8,16,19,22H,9-15,17H2,1H3,(H,26,29). The summed E-state index contributed by atoms with van der Waals surface area (Å²) >= 11 is 0. The van der Waals surface area contributed by atoms with Crippen molar-refractivity contribution in [1.29, 1.82) is 0 Å². The van der Waals surface area contributed by atoms with Gasteiger partial charge in [-0.2, -0.15) is 0 Å². The Morgan fingerprint density at radius 1 is 1.00 bits per heavy atom. The number of hydrogen-bond acceptors (Lipinski definition) is 3. The highest BCUT2D eigenvalue weighted by Crippen LogP contribution is 2.23. The van der Waals surface area contributed by atoms with E-state index >= 15 is 0 Å². The fraction of sp³-hybridized carbons (Fsp3) is 0.440. The Morgan fingerprint density at radius 3 is 2.40 bits per heavy atom. The zero-order chi connectivity index (χ0) is 20.9. The Bertz CT molecular complexity index is 882. The SMILES string of the molecule is COc1cccc(CC(=O)N2CCC(Cc3ccc(C(=O)NC4CC4)cc3)CC2)c1. The van der Waals surface area contributed by atoms with Crippen LogP contribution in [0.15, 0.2) is 48.5 Å². The van der Waals surface area contributed by atoms with Crippen LogP contribution in [0.3, 0.4) is 0 Å². The third-order valence-corrected chi connectivity index (χ3v) is 6.11. The molecule has 2 fully saturated rings. The zero-order valence-electron chi connectivity index (χ0n) is 17.6. The monoisotopic (exact) mass is 406 g/mol. The first-order valence-electron chi connectivity index (χ1n) is 10.9. The van der Waals surface area contributed by atoms with Gasteiger partial charge in [-0.25, -0.2) is 0 Å². The molecule has 2 aromatic carbocycles. The van der Waals surface area contributed by atoms with Crippen LogP contribution in [0.5, 0.6) is 5.75 Å². The summed E-state index contributed by atoms with van der Waals surface area (Å²) in [5, 5.41) is 3.03. The molecule has 5 nitrogen and oxygen atoms in total. The minimum atomic E-state index is 0.0342. The molecule has 2 aromatic rings. The van der Waals surface area contributed by atoms with Crippen LogP contribution in [0.4, 0.5) is 0 Å². The molecule has 0 spiro atoms. The molecule has 0 aromatic heterocycles.